The van der Waals surface area contributed by atoms with E-state index in [9.17, 15) is 18.3 Å². The summed E-state index contributed by atoms with van der Waals surface area (Å²) in [6.07, 6.45) is -5.15. The quantitative estimate of drug-likeness (QED) is 0.619. The molecule has 0 amide bonds. The summed E-state index contributed by atoms with van der Waals surface area (Å²) in [6, 6.07) is 15.7. The van der Waals surface area contributed by atoms with E-state index in [0.29, 0.717) is 49.3 Å². The molecule has 0 radical (unpaired) electrons. The van der Waals surface area contributed by atoms with Gasteiger partial charge in [-0.15, -0.1) is 0 Å². The number of piperazine rings is 1. The van der Waals surface area contributed by atoms with Crippen molar-refractivity contribution in [2.75, 3.05) is 44.2 Å². The topological polar surface area (TPSA) is 48.8 Å². The molecule has 1 unspecified atom stereocenters. The minimum atomic E-state index is -4.50. The Morgan fingerprint density at radius 2 is 1.72 bits per heavy atom. The van der Waals surface area contributed by atoms with Crippen LogP contribution in [0.15, 0.2) is 54.6 Å². The molecule has 2 heterocycles. The normalized spacial score (nSPS) is 16.3. The molecule has 2 aromatic carbocycles. The van der Waals surface area contributed by atoms with Gasteiger partial charge >= 0.3 is 6.18 Å². The minimum Gasteiger partial charge on any atom is -0.491 e. The molecule has 170 valence electrons. The van der Waals surface area contributed by atoms with Crippen molar-refractivity contribution in [2.45, 2.75) is 19.2 Å². The van der Waals surface area contributed by atoms with Crippen molar-refractivity contribution in [3.05, 3.63) is 65.9 Å². The number of aliphatic hydroxyl groups excluding tert-OH is 1. The molecule has 8 heteroatoms. The SMILES string of the molecule is Cc1ccccc1OCC(O)CN1CCN(c2cc(C(F)(F)F)nc3ccccc23)CC1. The van der Waals surface area contributed by atoms with E-state index in [-0.39, 0.29) is 6.61 Å². The Labute approximate surface area is 185 Å². The highest BCUT2D eigenvalue weighted by molar-refractivity contribution is 5.92. The second-order valence-corrected chi connectivity index (χ2v) is 8.06. The summed E-state index contributed by atoms with van der Waals surface area (Å²) in [5.41, 5.74) is 1.02. The fourth-order valence-electron chi connectivity index (χ4n) is 3.99. The van der Waals surface area contributed by atoms with Crippen molar-refractivity contribution in [3.63, 3.8) is 0 Å². The number of aromatic nitrogens is 1. The van der Waals surface area contributed by atoms with Gasteiger partial charge in [-0.2, -0.15) is 13.2 Å². The number of pyridine rings is 1. The number of nitrogens with zero attached hydrogens (tertiary/aromatic N) is 3. The third-order valence-electron chi connectivity index (χ3n) is 5.69. The molecule has 4 rings (SSSR count). The Morgan fingerprint density at radius 3 is 2.44 bits per heavy atom. The van der Waals surface area contributed by atoms with Crippen molar-refractivity contribution in [1.82, 2.24) is 9.88 Å². The molecular formula is C24H26F3N3O2. The molecule has 1 atom stereocenters. The first-order valence-electron chi connectivity index (χ1n) is 10.6. The molecular weight excluding hydrogens is 419 g/mol. The van der Waals surface area contributed by atoms with Crippen molar-refractivity contribution in [1.29, 1.82) is 0 Å². The predicted molar refractivity (Wildman–Crippen MR) is 118 cm³/mol. The van der Waals surface area contributed by atoms with Gasteiger partial charge < -0.3 is 14.7 Å². The van der Waals surface area contributed by atoms with Crippen LogP contribution in [0.1, 0.15) is 11.3 Å². The van der Waals surface area contributed by atoms with Gasteiger partial charge in [0.05, 0.1) is 5.52 Å². The highest BCUT2D eigenvalue weighted by atomic mass is 19.4. The molecule has 5 nitrogen and oxygen atoms in total. The molecule has 0 bridgehead atoms. The number of anilines is 1. The third-order valence-corrected chi connectivity index (χ3v) is 5.69. The second-order valence-electron chi connectivity index (χ2n) is 8.06. The van der Waals surface area contributed by atoms with E-state index in [1.807, 2.05) is 42.2 Å². The standard InChI is InChI=1S/C24H26F3N3O2/c1-17-6-2-5-9-22(17)32-16-18(31)15-29-10-12-30(13-11-29)21-14-23(24(25,26)27)28-20-8-4-3-7-19(20)21/h2-9,14,18,31H,10-13,15-16H2,1H3. The number of fused-ring (bicyclic) bond motifs is 1. The zero-order valence-corrected chi connectivity index (χ0v) is 17.8. The first kappa shape index (κ1) is 22.4. The first-order valence-corrected chi connectivity index (χ1v) is 10.6. The largest absolute Gasteiger partial charge is 0.491 e. The van der Waals surface area contributed by atoms with E-state index in [4.69, 9.17) is 4.74 Å². The van der Waals surface area contributed by atoms with Gasteiger partial charge in [0.15, 0.2) is 0 Å². The van der Waals surface area contributed by atoms with Crippen LogP contribution < -0.4 is 9.64 Å². The van der Waals surface area contributed by atoms with Crippen molar-refractivity contribution in [2.24, 2.45) is 0 Å². The Morgan fingerprint density at radius 1 is 1.03 bits per heavy atom. The second kappa shape index (κ2) is 9.34. The molecule has 0 spiro atoms. The number of halogens is 3. The van der Waals surface area contributed by atoms with Crippen molar-refractivity contribution < 1.29 is 23.0 Å². The average Bonchev–Trinajstić information content (AvgIpc) is 2.78. The summed E-state index contributed by atoms with van der Waals surface area (Å²) < 4.78 is 45.8. The molecule has 1 aliphatic heterocycles. The average molecular weight is 445 g/mol. The van der Waals surface area contributed by atoms with Gasteiger partial charge in [0.2, 0.25) is 0 Å². The van der Waals surface area contributed by atoms with Gasteiger partial charge in [0.1, 0.15) is 24.2 Å². The highest BCUT2D eigenvalue weighted by Crippen LogP contribution is 2.35. The maximum Gasteiger partial charge on any atom is 0.433 e. The predicted octanol–water partition coefficient (Wildman–Crippen LogP) is 4.12. The number of para-hydroxylation sites is 2. The molecule has 1 fully saturated rings. The van der Waals surface area contributed by atoms with Gasteiger partial charge in [-0.05, 0) is 30.7 Å². The number of rotatable bonds is 6. The zero-order chi connectivity index (χ0) is 22.7. The summed E-state index contributed by atoms with van der Waals surface area (Å²) in [5.74, 6) is 0.751. The van der Waals surface area contributed by atoms with E-state index in [2.05, 4.69) is 9.88 Å². The van der Waals surface area contributed by atoms with Crippen LogP contribution in [0.3, 0.4) is 0 Å². The lowest BCUT2D eigenvalue weighted by atomic mass is 10.1. The molecule has 0 saturated carbocycles. The first-order chi connectivity index (χ1) is 15.3. The number of hydrogen-bond donors (Lipinski definition) is 1. The Kier molecular flexibility index (Phi) is 6.53. The molecule has 1 aromatic heterocycles. The number of β-amino-alcohol motifs (C(OH)–C–C–N with tert-alkyl or cyclic N) is 1. The molecule has 1 saturated heterocycles. The van der Waals surface area contributed by atoms with E-state index >= 15 is 0 Å². The van der Waals surface area contributed by atoms with Crippen LogP contribution in [0.2, 0.25) is 0 Å². The number of aliphatic hydroxyl groups is 1. The van der Waals surface area contributed by atoms with Crippen LogP contribution in [0.25, 0.3) is 10.9 Å². The van der Waals surface area contributed by atoms with Crippen LogP contribution in [-0.4, -0.2) is 60.4 Å². The van der Waals surface area contributed by atoms with Gasteiger partial charge in [0.25, 0.3) is 0 Å². The maximum atomic E-state index is 13.4. The fraction of sp³-hybridized carbons (Fsp3) is 0.375. The van der Waals surface area contributed by atoms with Crippen LogP contribution >= 0.6 is 0 Å². The lowest BCUT2D eigenvalue weighted by molar-refractivity contribution is -0.140. The Hall–Kier alpha value is -2.84. The summed E-state index contributed by atoms with van der Waals surface area (Å²) in [6.45, 7) is 5.00. The minimum absolute atomic E-state index is 0.189. The summed E-state index contributed by atoms with van der Waals surface area (Å²) >= 11 is 0. The smallest absolute Gasteiger partial charge is 0.433 e. The van der Waals surface area contributed by atoms with E-state index in [0.717, 1.165) is 17.4 Å². The number of hydrogen-bond acceptors (Lipinski definition) is 5. The number of alkyl halides is 3. The summed E-state index contributed by atoms with van der Waals surface area (Å²) in [7, 11) is 0. The van der Waals surface area contributed by atoms with Crippen LogP contribution in [-0.2, 0) is 6.18 Å². The fourth-order valence-corrected chi connectivity index (χ4v) is 3.99. The molecule has 32 heavy (non-hydrogen) atoms. The number of benzene rings is 2. The van der Waals surface area contributed by atoms with E-state index in [1.165, 1.54) is 0 Å². The van der Waals surface area contributed by atoms with E-state index < -0.39 is 18.0 Å². The Bertz CT molecular complexity index is 1070. The summed E-state index contributed by atoms with van der Waals surface area (Å²) in [4.78, 5) is 7.87. The van der Waals surface area contributed by atoms with Crippen LogP contribution in [0.5, 0.6) is 5.75 Å². The maximum absolute atomic E-state index is 13.4. The monoisotopic (exact) mass is 445 g/mol. The number of aryl methyl sites for hydroxylation is 1. The molecule has 1 N–H and O–H groups in total. The van der Waals surface area contributed by atoms with Gasteiger partial charge in [-0.25, -0.2) is 4.98 Å². The van der Waals surface area contributed by atoms with Gasteiger partial charge in [0, 0.05) is 43.8 Å². The van der Waals surface area contributed by atoms with Gasteiger partial charge in [-0.1, -0.05) is 36.4 Å². The van der Waals surface area contributed by atoms with Crippen molar-refractivity contribution in [3.8, 4) is 5.75 Å². The van der Waals surface area contributed by atoms with Crippen LogP contribution in [0, 0.1) is 6.92 Å². The van der Waals surface area contributed by atoms with Crippen LogP contribution in [0.4, 0.5) is 18.9 Å². The van der Waals surface area contributed by atoms with Crippen molar-refractivity contribution >= 4 is 16.6 Å². The number of ether oxygens (including phenoxy) is 1. The molecule has 1 aliphatic rings. The van der Waals surface area contributed by atoms with Gasteiger partial charge in [-0.3, -0.25) is 4.90 Å². The highest BCUT2D eigenvalue weighted by Gasteiger charge is 2.34. The summed E-state index contributed by atoms with van der Waals surface area (Å²) in [5, 5.41) is 11.1. The molecule has 0 aliphatic carbocycles. The third kappa shape index (κ3) is 5.14. The van der Waals surface area contributed by atoms with E-state index in [1.54, 1.807) is 18.2 Å². The lowest BCUT2D eigenvalue weighted by Crippen LogP contribution is -2.49. The Balaban J connectivity index is 1.38. The zero-order valence-electron chi connectivity index (χ0n) is 17.8. The molecule has 3 aromatic rings. The lowest BCUT2D eigenvalue weighted by Gasteiger charge is -2.37.